The number of benzene rings is 1. The van der Waals surface area contributed by atoms with Crippen LogP contribution in [0.3, 0.4) is 0 Å². The van der Waals surface area contributed by atoms with Gasteiger partial charge in [0.25, 0.3) is 11.6 Å². The highest BCUT2D eigenvalue weighted by molar-refractivity contribution is 7.10. The fourth-order valence-corrected chi connectivity index (χ4v) is 4.95. The maximum Gasteiger partial charge on any atom is 0.294 e. The number of amides is 1. The van der Waals surface area contributed by atoms with Gasteiger partial charge >= 0.3 is 0 Å². The molecule has 1 unspecified atom stereocenters. The van der Waals surface area contributed by atoms with E-state index in [9.17, 15) is 14.9 Å². The predicted octanol–water partition coefficient (Wildman–Crippen LogP) is 2.84. The van der Waals surface area contributed by atoms with E-state index in [0.717, 1.165) is 13.0 Å². The average molecular weight is 393 g/mol. The van der Waals surface area contributed by atoms with Crippen LogP contribution in [0.1, 0.15) is 29.3 Å². The molecule has 0 saturated heterocycles. The summed E-state index contributed by atoms with van der Waals surface area (Å²) in [4.78, 5) is 26.0. The Bertz CT molecular complexity index is 865. The van der Waals surface area contributed by atoms with Crippen molar-refractivity contribution in [3.63, 3.8) is 0 Å². The van der Waals surface area contributed by atoms with Gasteiger partial charge in [-0.1, -0.05) is 11.6 Å². The van der Waals surface area contributed by atoms with Gasteiger partial charge in [0.1, 0.15) is 11.7 Å². The van der Waals surface area contributed by atoms with Crippen molar-refractivity contribution >= 4 is 40.2 Å². The monoisotopic (exact) mass is 392 g/mol. The number of hydrogen-bond acceptors (Lipinski definition) is 4. The van der Waals surface area contributed by atoms with Gasteiger partial charge in [0.05, 0.1) is 11.5 Å². The maximum atomic E-state index is 12.6. The normalized spacial score (nSPS) is 21.9. The van der Waals surface area contributed by atoms with Crippen molar-refractivity contribution in [2.45, 2.75) is 25.3 Å². The molecule has 1 aliphatic carbocycles. The number of halogens is 1. The van der Waals surface area contributed by atoms with Gasteiger partial charge in [-0.25, -0.2) is 0 Å². The molecule has 2 N–H and O–H groups in total. The molecule has 2 aliphatic rings. The maximum absolute atomic E-state index is 12.6. The van der Waals surface area contributed by atoms with Crippen LogP contribution in [0.25, 0.3) is 0 Å². The van der Waals surface area contributed by atoms with Crippen LogP contribution in [-0.2, 0) is 11.2 Å². The zero-order chi connectivity index (χ0) is 18.3. The van der Waals surface area contributed by atoms with Crippen LogP contribution in [0.4, 0.5) is 11.4 Å². The largest absolute Gasteiger partial charge is 0.320 e. The van der Waals surface area contributed by atoms with Crippen molar-refractivity contribution in [2.24, 2.45) is 5.92 Å². The van der Waals surface area contributed by atoms with Gasteiger partial charge < -0.3 is 10.2 Å². The molecule has 0 spiro atoms. The number of carbonyl (C=O) groups excluding carboxylic acids is 1. The number of quaternary nitrogens is 1. The molecule has 1 amide bonds. The molecule has 0 bridgehead atoms. The molecule has 2 heterocycles. The van der Waals surface area contributed by atoms with Crippen molar-refractivity contribution in [3.05, 3.63) is 55.2 Å². The minimum atomic E-state index is -0.528. The lowest BCUT2D eigenvalue weighted by atomic mass is 9.96. The second-order valence-corrected chi connectivity index (χ2v) is 8.35. The summed E-state index contributed by atoms with van der Waals surface area (Å²) in [6.07, 6.45) is 3.42. The quantitative estimate of drug-likeness (QED) is 0.606. The van der Waals surface area contributed by atoms with Crippen molar-refractivity contribution in [3.8, 4) is 0 Å². The number of fused-ring (bicyclic) bond motifs is 1. The van der Waals surface area contributed by atoms with E-state index in [1.807, 2.05) is 0 Å². The topological polar surface area (TPSA) is 76.7 Å². The first kappa shape index (κ1) is 17.5. The van der Waals surface area contributed by atoms with Crippen LogP contribution >= 0.6 is 22.9 Å². The van der Waals surface area contributed by atoms with Crippen LogP contribution in [-0.4, -0.2) is 23.9 Å². The standard InChI is InChI=1S/C18H18ClN3O3S/c19-12-3-4-14(15(9-12)22(24)25)20-17(23)10-21-7-5-16-13(6-8-26-16)18(21)11-1-2-11/h3-4,6,8-9,11,18H,1-2,5,7,10H2,(H,20,23)/p+1/t18-/m1/s1. The smallest absolute Gasteiger partial charge is 0.294 e. The number of nitrogens with one attached hydrogen (secondary N) is 2. The highest BCUT2D eigenvalue weighted by Gasteiger charge is 2.43. The summed E-state index contributed by atoms with van der Waals surface area (Å²) in [7, 11) is 0. The van der Waals surface area contributed by atoms with E-state index in [1.165, 1.54) is 40.3 Å². The summed E-state index contributed by atoms with van der Waals surface area (Å²) in [6.45, 7) is 1.24. The third-order valence-corrected chi connectivity index (χ3v) is 6.37. The zero-order valence-electron chi connectivity index (χ0n) is 14.0. The number of nitro groups is 1. The number of carbonyl (C=O) groups is 1. The fourth-order valence-electron chi connectivity index (χ4n) is 3.86. The molecular weight excluding hydrogens is 374 g/mol. The molecule has 1 fully saturated rings. The van der Waals surface area contributed by atoms with Crippen LogP contribution in [0, 0.1) is 16.0 Å². The molecule has 1 aliphatic heterocycles. The van der Waals surface area contributed by atoms with Gasteiger partial charge in [0.2, 0.25) is 0 Å². The third-order valence-electron chi connectivity index (χ3n) is 5.14. The first-order chi connectivity index (χ1) is 12.5. The fraction of sp³-hybridized carbons (Fsp3) is 0.389. The van der Waals surface area contributed by atoms with Gasteiger partial charge in [0, 0.05) is 33.9 Å². The Hall–Kier alpha value is -1.96. The SMILES string of the molecule is O=C(C[NH+]1CCc2sccc2[C@H]1C1CC1)Nc1ccc(Cl)cc1[N+](=O)[O-]. The first-order valence-corrected chi connectivity index (χ1v) is 9.93. The molecule has 1 saturated carbocycles. The van der Waals surface area contributed by atoms with Crippen molar-refractivity contribution in [2.75, 3.05) is 18.4 Å². The molecule has 4 rings (SSSR count). The molecule has 136 valence electrons. The van der Waals surface area contributed by atoms with E-state index in [0.29, 0.717) is 18.5 Å². The molecule has 2 atom stereocenters. The van der Waals surface area contributed by atoms with E-state index in [1.54, 1.807) is 17.4 Å². The van der Waals surface area contributed by atoms with E-state index in [4.69, 9.17) is 11.6 Å². The van der Waals surface area contributed by atoms with Crippen LogP contribution in [0.2, 0.25) is 5.02 Å². The van der Waals surface area contributed by atoms with Gasteiger partial charge in [-0.15, -0.1) is 11.3 Å². The Morgan fingerprint density at radius 3 is 2.92 bits per heavy atom. The molecule has 8 heteroatoms. The minimum Gasteiger partial charge on any atom is -0.320 e. The van der Waals surface area contributed by atoms with Crippen molar-refractivity contribution in [1.82, 2.24) is 0 Å². The molecule has 6 nitrogen and oxygen atoms in total. The Morgan fingerprint density at radius 1 is 1.38 bits per heavy atom. The van der Waals surface area contributed by atoms with Gasteiger partial charge in [-0.3, -0.25) is 14.9 Å². The lowest BCUT2D eigenvalue weighted by Gasteiger charge is -2.32. The van der Waals surface area contributed by atoms with E-state index in [2.05, 4.69) is 16.8 Å². The van der Waals surface area contributed by atoms with E-state index >= 15 is 0 Å². The number of nitrogens with zero attached hydrogens (tertiary/aromatic N) is 1. The highest BCUT2D eigenvalue weighted by atomic mass is 35.5. The van der Waals surface area contributed by atoms with Gasteiger partial charge in [-0.2, -0.15) is 0 Å². The summed E-state index contributed by atoms with van der Waals surface area (Å²) in [5.41, 5.74) is 1.40. The third kappa shape index (κ3) is 3.47. The molecule has 0 radical (unpaired) electrons. The first-order valence-electron chi connectivity index (χ1n) is 8.67. The van der Waals surface area contributed by atoms with E-state index < -0.39 is 4.92 Å². The molecule has 1 aromatic heterocycles. The summed E-state index contributed by atoms with van der Waals surface area (Å²) < 4.78 is 0. The highest BCUT2D eigenvalue weighted by Crippen LogP contribution is 2.42. The average Bonchev–Trinajstić information content (AvgIpc) is 3.32. The van der Waals surface area contributed by atoms with Crippen molar-refractivity contribution in [1.29, 1.82) is 0 Å². The zero-order valence-corrected chi connectivity index (χ0v) is 15.6. The summed E-state index contributed by atoms with van der Waals surface area (Å²) >= 11 is 7.63. The number of hydrogen-bond donors (Lipinski definition) is 2. The lowest BCUT2D eigenvalue weighted by Crippen LogP contribution is -3.14. The minimum absolute atomic E-state index is 0.182. The second kappa shape index (κ2) is 6.98. The second-order valence-electron chi connectivity index (χ2n) is 6.92. The van der Waals surface area contributed by atoms with Crippen LogP contribution < -0.4 is 10.2 Å². The van der Waals surface area contributed by atoms with Gasteiger partial charge in [-0.05, 0) is 36.4 Å². The van der Waals surface area contributed by atoms with E-state index in [-0.39, 0.29) is 22.3 Å². The predicted molar refractivity (Wildman–Crippen MR) is 101 cm³/mol. The molecule has 26 heavy (non-hydrogen) atoms. The lowest BCUT2D eigenvalue weighted by molar-refractivity contribution is -0.928. The molecule has 1 aromatic carbocycles. The van der Waals surface area contributed by atoms with Crippen LogP contribution in [0.5, 0.6) is 0 Å². The molecular formula is C18H19ClN3O3S+. The Balaban J connectivity index is 1.49. The summed E-state index contributed by atoms with van der Waals surface area (Å²) in [5, 5.41) is 16.3. The van der Waals surface area contributed by atoms with Crippen molar-refractivity contribution < 1.29 is 14.6 Å². The Morgan fingerprint density at radius 2 is 2.19 bits per heavy atom. The van der Waals surface area contributed by atoms with Crippen LogP contribution in [0.15, 0.2) is 29.6 Å². The number of thiophene rings is 1. The summed E-state index contributed by atoms with van der Waals surface area (Å²) in [6, 6.07) is 6.86. The summed E-state index contributed by atoms with van der Waals surface area (Å²) in [5.74, 6) is 0.450. The Labute approximate surface area is 159 Å². The Kier molecular flexibility index (Phi) is 4.69. The molecule has 2 aromatic rings. The number of anilines is 1. The van der Waals surface area contributed by atoms with Gasteiger partial charge in [0.15, 0.2) is 6.54 Å². The number of rotatable bonds is 5. The number of nitro benzene ring substituents is 1.